The number of rotatable bonds is 6. The Bertz CT molecular complexity index is 207. The van der Waals surface area contributed by atoms with E-state index >= 15 is 0 Å². The van der Waals surface area contributed by atoms with Gasteiger partial charge < -0.3 is 10.4 Å². The summed E-state index contributed by atoms with van der Waals surface area (Å²) in [5, 5.41) is 14.1. The maximum atomic E-state index is 10.6. The van der Waals surface area contributed by atoms with Gasteiger partial charge in [-0.05, 0) is 56.9 Å². The van der Waals surface area contributed by atoms with Crippen LogP contribution in [-0.4, -0.2) is 23.3 Å². The van der Waals surface area contributed by atoms with Crippen molar-refractivity contribution < 1.29 is 5.11 Å². The van der Waals surface area contributed by atoms with Gasteiger partial charge in [-0.2, -0.15) is 0 Å². The quantitative estimate of drug-likeness (QED) is 0.747. The second-order valence-electron chi connectivity index (χ2n) is 6.50. The number of nitrogens with one attached hydrogen (secondary N) is 1. The monoisotopic (exact) mass is 241 g/mol. The van der Waals surface area contributed by atoms with Crippen LogP contribution in [0.25, 0.3) is 0 Å². The van der Waals surface area contributed by atoms with Crippen molar-refractivity contribution in [2.75, 3.05) is 6.54 Å². The van der Waals surface area contributed by atoms with Crippen molar-refractivity contribution in [1.82, 2.24) is 5.32 Å². The number of hydrogen-bond acceptors (Lipinski definition) is 2. The van der Waals surface area contributed by atoms with E-state index in [2.05, 4.69) is 33.0 Å². The molecule has 0 radical (unpaired) electrons. The standard InChI is InChI=1S/C15H31NO/c1-5-16-14-6-8-15(17,9-7-14)11-13(4)10-12(2)3/h12-14,16-17H,5-11H2,1-4H3. The molecule has 2 nitrogen and oxygen atoms in total. The Morgan fingerprint density at radius 2 is 1.82 bits per heavy atom. The Morgan fingerprint density at radius 3 is 2.29 bits per heavy atom. The topological polar surface area (TPSA) is 32.3 Å². The van der Waals surface area contributed by atoms with Gasteiger partial charge in [-0.3, -0.25) is 0 Å². The minimum absolute atomic E-state index is 0.375. The van der Waals surface area contributed by atoms with E-state index in [0.29, 0.717) is 12.0 Å². The van der Waals surface area contributed by atoms with E-state index in [0.717, 1.165) is 44.6 Å². The van der Waals surface area contributed by atoms with Crippen molar-refractivity contribution in [1.29, 1.82) is 0 Å². The molecule has 0 aromatic rings. The van der Waals surface area contributed by atoms with Crippen LogP contribution in [0.5, 0.6) is 0 Å². The summed E-state index contributed by atoms with van der Waals surface area (Å²) in [5.41, 5.74) is -0.375. The summed E-state index contributed by atoms with van der Waals surface area (Å²) in [4.78, 5) is 0. The molecule has 0 saturated heterocycles. The lowest BCUT2D eigenvalue weighted by Gasteiger charge is -2.38. The molecule has 0 amide bonds. The first-order valence-electron chi connectivity index (χ1n) is 7.41. The highest BCUT2D eigenvalue weighted by atomic mass is 16.3. The highest BCUT2D eigenvalue weighted by Gasteiger charge is 2.34. The van der Waals surface area contributed by atoms with E-state index in [9.17, 15) is 5.11 Å². The SMILES string of the molecule is CCNC1CCC(O)(CC(C)CC(C)C)CC1. The van der Waals surface area contributed by atoms with Crippen LogP contribution >= 0.6 is 0 Å². The molecule has 0 aromatic carbocycles. The van der Waals surface area contributed by atoms with Gasteiger partial charge in [0.15, 0.2) is 0 Å². The maximum Gasteiger partial charge on any atom is 0.0651 e. The molecule has 1 saturated carbocycles. The van der Waals surface area contributed by atoms with E-state index in [1.807, 2.05) is 0 Å². The lowest BCUT2D eigenvalue weighted by atomic mass is 9.76. The Morgan fingerprint density at radius 1 is 1.24 bits per heavy atom. The molecule has 1 atom stereocenters. The van der Waals surface area contributed by atoms with Gasteiger partial charge in [0, 0.05) is 6.04 Å². The first-order chi connectivity index (χ1) is 7.95. The van der Waals surface area contributed by atoms with Crippen molar-refractivity contribution >= 4 is 0 Å². The fourth-order valence-electron chi connectivity index (χ4n) is 3.39. The second kappa shape index (κ2) is 6.75. The zero-order valence-electron chi connectivity index (χ0n) is 12.1. The van der Waals surface area contributed by atoms with Gasteiger partial charge in [-0.1, -0.05) is 27.7 Å². The first kappa shape index (κ1) is 15.0. The summed E-state index contributed by atoms with van der Waals surface area (Å²) in [6.07, 6.45) is 6.46. The van der Waals surface area contributed by atoms with Gasteiger partial charge in [0.25, 0.3) is 0 Å². The molecule has 0 bridgehead atoms. The molecule has 0 heterocycles. The summed E-state index contributed by atoms with van der Waals surface area (Å²) in [6.45, 7) is 10.0. The van der Waals surface area contributed by atoms with Crippen LogP contribution < -0.4 is 5.32 Å². The summed E-state index contributed by atoms with van der Waals surface area (Å²) in [6, 6.07) is 0.640. The predicted molar refractivity (Wildman–Crippen MR) is 74.1 cm³/mol. The largest absolute Gasteiger partial charge is 0.390 e. The van der Waals surface area contributed by atoms with E-state index in [-0.39, 0.29) is 5.60 Å². The molecular weight excluding hydrogens is 210 g/mol. The average Bonchev–Trinajstić information content (AvgIpc) is 2.20. The molecule has 1 fully saturated rings. The average molecular weight is 241 g/mol. The summed E-state index contributed by atoms with van der Waals surface area (Å²) in [5.74, 6) is 1.39. The smallest absolute Gasteiger partial charge is 0.0651 e. The zero-order valence-corrected chi connectivity index (χ0v) is 12.1. The molecule has 17 heavy (non-hydrogen) atoms. The van der Waals surface area contributed by atoms with Gasteiger partial charge in [0.2, 0.25) is 0 Å². The van der Waals surface area contributed by atoms with Crippen molar-refractivity contribution in [3.05, 3.63) is 0 Å². The minimum Gasteiger partial charge on any atom is -0.390 e. The van der Waals surface area contributed by atoms with E-state index in [1.165, 1.54) is 6.42 Å². The summed E-state index contributed by atoms with van der Waals surface area (Å²) >= 11 is 0. The van der Waals surface area contributed by atoms with Crippen molar-refractivity contribution in [3.8, 4) is 0 Å². The van der Waals surface area contributed by atoms with E-state index < -0.39 is 0 Å². The fraction of sp³-hybridized carbons (Fsp3) is 1.00. The minimum atomic E-state index is -0.375. The molecule has 0 aromatic heterocycles. The third-order valence-corrected chi connectivity index (χ3v) is 4.01. The number of aliphatic hydroxyl groups is 1. The van der Waals surface area contributed by atoms with E-state index in [4.69, 9.17) is 0 Å². The molecule has 2 heteroatoms. The second-order valence-corrected chi connectivity index (χ2v) is 6.50. The van der Waals surface area contributed by atoms with Crippen LogP contribution in [0.3, 0.4) is 0 Å². The van der Waals surface area contributed by atoms with Gasteiger partial charge in [0.1, 0.15) is 0 Å². The fourth-order valence-corrected chi connectivity index (χ4v) is 3.39. The summed E-state index contributed by atoms with van der Waals surface area (Å²) < 4.78 is 0. The maximum absolute atomic E-state index is 10.6. The third-order valence-electron chi connectivity index (χ3n) is 4.01. The van der Waals surface area contributed by atoms with Gasteiger partial charge in [-0.25, -0.2) is 0 Å². The normalized spacial score (nSPS) is 31.8. The molecule has 1 rings (SSSR count). The van der Waals surface area contributed by atoms with Crippen molar-refractivity contribution in [2.24, 2.45) is 11.8 Å². The van der Waals surface area contributed by atoms with E-state index in [1.54, 1.807) is 0 Å². The highest BCUT2D eigenvalue weighted by molar-refractivity contribution is 4.89. The van der Waals surface area contributed by atoms with Crippen LogP contribution in [0.15, 0.2) is 0 Å². The zero-order chi connectivity index (χ0) is 12.9. The predicted octanol–water partition coefficient (Wildman–Crippen LogP) is 3.34. The first-order valence-corrected chi connectivity index (χ1v) is 7.41. The van der Waals surface area contributed by atoms with Crippen LogP contribution in [0.2, 0.25) is 0 Å². The van der Waals surface area contributed by atoms with Crippen LogP contribution in [-0.2, 0) is 0 Å². The van der Waals surface area contributed by atoms with Crippen molar-refractivity contribution in [3.63, 3.8) is 0 Å². The van der Waals surface area contributed by atoms with Crippen LogP contribution in [0, 0.1) is 11.8 Å². The Hall–Kier alpha value is -0.0800. The number of hydrogen-bond donors (Lipinski definition) is 2. The molecule has 102 valence electrons. The van der Waals surface area contributed by atoms with Crippen LogP contribution in [0.1, 0.15) is 66.2 Å². The lowest BCUT2D eigenvalue weighted by Crippen LogP contribution is -2.42. The third kappa shape index (κ3) is 5.39. The molecule has 0 spiro atoms. The molecule has 1 aliphatic rings. The molecular formula is C15H31NO. The summed E-state index contributed by atoms with van der Waals surface area (Å²) in [7, 11) is 0. The van der Waals surface area contributed by atoms with Gasteiger partial charge in [0.05, 0.1) is 5.60 Å². The molecule has 0 aliphatic heterocycles. The van der Waals surface area contributed by atoms with Crippen LogP contribution in [0.4, 0.5) is 0 Å². The van der Waals surface area contributed by atoms with Crippen molar-refractivity contribution in [2.45, 2.75) is 77.9 Å². The highest BCUT2D eigenvalue weighted by Crippen LogP contribution is 2.35. The Balaban J connectivity index is 2.33. The van der Waals surface area contributed by atoms with Gasteiger partial charge >= 0.3 is 0 Å². The van der Waals surface area contributed by atoms with Gasteiger partial charge in [-0.15, -0.1) is 0 Å². The molecule has 1 aliphatic carbocycles. The Labute approximate surface area is 107 Å². The Kier molecular flexibility index (Phi) is 5.94. The molecule has 2 N–H and O–H groups in total. The molecule has 1 unspecified atom stereocenters. The lowest BCUT2D eigenvalue weighted by molar-refractivity contribution is -0.0240.